The highest BCUT2D eigenvalue weighted by Crippen LogP contribution is 2.23. The smallest absolute Gasteiger partial charge is 0.317 e. The number of ether oxygens (including phenoxy) is 1. The minimum absolute atomic E-state index is 0.0410. The molecule has 1 N–H and O–H groups in total. The van der Waals surface area contributed by atoms with Crippen LogP contribution in [0, 0.1) is 0 Å². The van der Waals surface area contributed by atoms with Gasteiger partial charge in [-0.05, 0) is 50.9 Å². The van der Waals surface area contributed by atoms with E-state index in [1.807, 2.05) is 23.1 Å². The third-order valence-electron chi connectivity index (χ3n) is 5.21. The molecule has 2 fully saturated rings. The summed E-state index contributed by atoms with van der Waals surface area (Å²) in [5, 5.41) is 3.04. The van der Waals surface area contributed by atoms with E-state index in [1.54, 1.807) is 0 Å². The van der Waals surface area contributed by atoms with Gasteiger partial charge < -0.3 is 19.9 Å². The molecular formula is C19H29N3O2. The molecule has 1 aromatic carbocycles. The van der Waals surface area contributed by atoms with Crippen molar-refractivity contribution in [2.75, 3.05) is 33.2 Å². The molecule has 3 rings (SSSR count). The molecule has 5 nitrogen and oxygen atoms in total. The van der Waals surface area contributed by atoms with E-state index in [0.29, 0.717) is 19.1 Å². The van der Waals surface area contributed by atoms with E-state index < -0.39 is 0 Å². The van der Waals surface area contributed by atoms with Crippen LogP contribution >= 0.6 is 0 Å². The molecule has 0 aliphatic carbocycles. The summed E-state index contributed by atoms with van der Waals surface area (Å²) >= 11 is 0. The molecule has 24 heavy (non-hydrogen) atoms. The van der Waals surface area contributed by atoms with Gasteiger partial charge in [-0.2, -0.15) is 0 Å². The van der Waals surface area contributed by atoms with Gasteiger partial charge in [-0.1, -0.05) is 25.1 Å². The number of amides is 2. The minimum atomic E-state index is 0.0410. The largest absolute Gasteiger partial charge is 0.486 e. The molecule has 2 saturated heterocycles. The maximum Gasteiger partial charge on any atom is 0.317 e. The molecule has 0 spiro atoms. The second-order valence-corrected chi connectivity index (χ2v) is 6.90. The van der Waals surface area contributed by atoms with Crippen molar-refractivity contribution in [1.82, 2.24) is 15.1 Å². The topological polar surface area (TPSA) is 44.8 Å². The fraction of sp³-hybridized carbons (Fsp3) is 0.632. The second-order valence-electron chi connectivity index (χ2n) is 6.90. The lowest BCUT2D eigenvalue weighted by molar-refractivity contribution is 0.0438. The van der Waals surface area contributed by atoms with Crippen molar-refractivity contribution in [1.29, 1.82) is 0 Å². The van der Waals surface area contributed by atoms with Crippen molar-refractivity contribution in [2.45, 2.75) is 44.8 Å². The Morgan fingerprint density at radius 3 is 2.83 bits per heavy atom. The van der Waals surface area contributed by atoms with Crippen molar-refractivity contribution in [3.8, 4) is 5.75 Å². The van der Waals surface area contributed by atoms with Crippen LogP contribution in [0.3, 0.4) is 0 Å². The van der Waals surface area contributed by atoms with E-state index in [0.717, 1.165) is 25.1 Å². The summed E-state index contributed by atoms with van der Waals surface area (Å²) in [6.45, 7) is 5.42. The number of benzene rings is 1. The highest BCUT2D eigenvalue weighted by molar-refractivity contribution is 5.75. The zero-order chi connectivity index (χ0) is 16.9. The Kier molecular flexibility index (Phi) is 5.61. The standard InChI is InChI=1S/C19H29N3O2/c1-3-15-7-4-5-9-18(15)24-17-13-22(14-17)19(23)20-11-10-16-8-6-12-21(16)2/h4-5,7,9,16-17H,3,6,8,10-14H2,1-2H3,(H,20,23). The highest BCUT2D eigenvalue weighted by Gasteiger charge is 2.32. The van der Waals surface area contributed by atoms with E-state index in [9.17, 15) is 4.79 Å². The summed E-state index contributed by atoms with van der Waals surface area (Å²) in [7, 11) is 2.17. The summed E-state index contributed by atoms with van der Waals surface area (Å²) in [5.74, 6) is 0.953. The van der Waals surface area contributed by atoms with Crippen molar-refractivity contribution in [3.63, 3.8) is 0 Å². The van der Waals surface area contributed by atoms with Gasteiger partial charge in [-0.25, -0.2) is 4.79 Å². The molecule has 1 atom stereocenters. The predicted molar refractivity (Wildman–Crippen MR) is 95.5 cm³/mol. The predicted octanol–water partition coefficient (Wildman–Crippen LogP) is 2.51. The Bertz CT molecular complexity index is 557. The summed E-state index contributed by atoms with van der Waals surface area (Å²) in [6.07, 6.45) is 4.65. The number of urea groups is 1. The van der Waals surface area contributed by atoms with Crippen LogP contribution in [0.4, 0.5) is 4.79 Å². The fourth-order valence-electron chi connectivity index (χ4n) is 3.57. The van der Waals surface area contributed by atoms with Gasteiger partial charge in [0.05, 0.1) is 13.1 Å². The van der Waals surface area contributed by atoms with E-state index >= 15 is 0 Å². The van der Waals surface area contributed by atoms with E-state index in [-0.39, 0.29) is 12.1 Å². The van der Waals surface area contributed by atoms with Crippen molar-refractivity contribution < 1.29 is 9.53 Å². The maximum absolute atomic E-state index is 12.1. The van der Waals surface area contributed by atoms with Crippen LogP contribution in [0.5, 0.6) is 5.75 Å². The quantitative estimate of drug-likeness (QED) is 0.871. The Balaban J connectivity index is 1.36. The third-order valence-corrected chi connectivity index (χ3v) is 5.21. The third kappa shape index (κ3) is 4.01. The first-order chi connectivity index (χ1) is 11.7. The molecule has 1 aromatic rings. The molecule has 132 valence electrons. The molecule has 0 bridgehead atoms. The lowest BCUT2D eigenvalue weighted by atomic mass is 10.1. The van der Waals surface area contributed by atoms with Crippen molar-refractivity contribution >= 4 is 6.03 Å². The lowest BCUT2D eigenvalue weighted by Crippen LogP contribution is -2.59. The molecule has 5 heteroatoms. The van der Waals surface area contributed by atoms with Gasteiger partial charge in [0.1, 0.15) is 11.9 Å². The highest BCUT2D eigenvalue weighted by atomic mass is 16.5. The summed E-state index contributed by atoms with van der Waals surface area (Å²) in [6, 6.07) is 8.81. The molecule has 2 aliphatic heterocycles. The molecule has 1 unspecified atom stereocenters. The Hall–Kier alpha value is -1.75. The molecule has 0 radical (unpaired) electrons. The normalized spacial score (nSPS) is 21.6. The van der Waals surface area contributed by atoms with Gasteiger partial charge in [0.25, 0.3) is 0 Å². The van der Waals surface area contributed by atoms with Gasteiger partial charge in [-0.3, -0.25) is 0 Å². The van der Waals surface area contributed by atoms with Gasteiger partial charge in [-0.15, -0.1) is 0 Å². The molecule has 0 saturated carbocycles. The van der Waals surface area contributed by atoms with Crippen LogP contribution in [0.2, 0.25) is 0 Å². The van der Waals surface area contributed by atoms with Crippen LogP contribution < -0.4 is 10.1 Å². The number of hydrogen-bond acceptors (Lipinski definition) is 3. The molecule has 2 heterocycles. The average Bonchev–Trinajstić information content (AvgIpc) is 2.96. The Morgan fingerprint density at radius 2 is 2.12 bits per heavy atom. The van der Waals surface area contributed by atoms with E-state index in [2.05, 4.69) is 30.3 Å². The van der Waals surface area contributed by atoms with Crippen LogP contribution in [-0.4, -0.2) is 61.2 Å². The van der Waals surface area contributed by atoms with Gasteiger partial charge in [0, 0.05) is 12.6 Å². The maximum atomic E-state index is 12.1. The van der Waals surface area contributed by atoms with Crippen LogP contribution in [0.1, 0.15) is 31.7 Å². The zero-order valence-electron chi connectivity index (χ0n) is 14.8. The first-order valence-corrected chi connectivity index (χ1v) is 9.15. The monoisotopic (exact) mass is 331 g/mol. The van der Waals surface area contributed by atoms with E-state index in [1.165, 1.54) is 24.9 Å². The molecule has 2 amide bonds. The number of carbonyl (C=O) groups is 1. The van der Waals surface area contributed by atoms with Crippen molar-refractivity contribution in [2.24, 2.45) is 0 Å². The number of para-hydroxylation sites is 1. The summed E-state index contributed by atoms with van der Waals surface area (Å²) < 4.78 is 6.02. The van der Waals surface area contributed by atoms with Gasteiger partial charge in [0.15, 0.2) is 0 Å². The molecule has 2 aliphatic rings. The lowest BCUT2D eigenvalue weighted by Gasteiger charge is -2.39. The van der Waals surface area contributed by atoms with Gasteiger partial charge in [0.2, 0.25) is 0 Å². The fourth-order valence-corrected chi connectivity index (χ4v) is 3.57. The second kappa shape index (κ2) is 7.88. The van der Waals surface area contributed by atoms with E-state index in [4.69, 9.17) is 4.74 Å². The minimum Gasteiger partial charge on any atom is -0.486 e. The average molecular weight is 331 g/mol. The zero-order valence-corrected chi connectivity index (χ0v) is 14.8. The number of nitrogens with one attached hydrogen (secondary N) is 1. The Morgan fingerprint density at radius 1 is 1.33 bits per heavy atom. The number of hydrogen-bond donors (Lipinski definition) is 1. The number of likely N-dealkylation sites (tertiary alicyclic amines) is 2. The number of aryl methyl sites for hydroxylation is 1. The molecule has 0 aromatic heterocycles. The SMILES string of the molecule is CCc1ccccc1OC1CN(C(=O)NCCC2CCCN2C)C1. The van der Waals surface area contributed by atoms with Crippen LogP contribution in [0.15, 0.2) is 24.3 Å². The Labute approximate surface area is 145 Å². The molecular weight excluding hydrogens is 302 g/mol. The number of carbonyl (C=O) groups excluding carboxylic acids is 1. The van der Waals surface area contributed by atoms with Crippen LogP contribution in [0.25, 0.3) is 0 Å². The summed E-state index contributed by atoms with van der Waals surface area (Å²) in [4.78, 5) is 16.4. The number of nitrogens with zero attached hydrogens (tertiary/aromatic N) is 2. The first-order valence-electron chi connectivity index (χ1n) is 9.15. The summed E-state index contributed by atoms with van der Waals surface area (Å²) in [5.41, 5.74) is 1.22. The first kappa shape index (κ1) is 17.1. The van der Waals surface area contributed by atoms with Crippen molar-refractivity contribution in [3.05, 3.63) is 29.8 Å². The van der Waals surface area contributed by atoms with Gasteiger partial charge >= 0.3 is 6.03 Å². The number of rotatable bonds is 6. The van der Waals surface area contributed by atoms with Crippen LogP contribution in [-0.2, 0) is 6.42 Å².